The summed E-state index contributed by atoms with van der Waals surface area (Å²) >= 11 is 1.94. The first-order valence-corrected chi connectivity index (χ1v) is 4.96. The third kappa shape index (κ3) is 1.87. The minimum Gasteiger partial charge on any atom is -0.313 e. The summed E-state index contributed by atoms with van der Waals surface area (Å²) in [5.41, 5.74) is 0. The normalized spacial score (nSPS) is 35.3. The molecule has 1 rings (SSSR count). The lowest BCUT2D eigenvalue weighted by molar-refractivity contribution is 0.526. The first-order chi connectivity index (χ1) is 4.34. The van der Waals surface area contributed by atoms with Crippen LogP contribution in [0, 0.1) is 5.92 Å². The minimum absolute atomic E-state index is 0.792. The van der Waals surface area contributed by atoms with E-state index >= 15 is 0 Å². The van der Waals surface area contributed by atoms with Gasteiger partial charge in [-0.15, -0.1) is 0 Å². The van der Waals surface area contributed by atoms with Crippen molar-refractivity contribution in [1.29, 1.82) is 0 Å². The second-order valence-electron chi connectivity index (χ2n) is 2.78. The van der Waals surface area contributed by atoms with Crippen LogP contribution >= 0.6 is 11.8 Å². The van der Waals surface area contributed by atoms with Crippen molar-refractivity contribution in [2.45, 2.75) is 19.4 Å². The van der Waals surface area contributed by atoms with Gasteiger partial charge in [0.1, 0.15) is 0 Å². The number of thioether (sulfide) groups is 1. The lowest BCUT2D eigenvalue weighted by Gasteiger charge is -2.12. The van der Waals surface area contributed by atoms with E-state index in [4.69, 9.17) is 0 Å². The Hall–Kier alpha value is 0.310. The predicted molar refractivity (Wildman–Crippen MR) is 44.0 cm³/mol. The molecule has 2 unspecified atom stereocenters. The Morgan fingerprint density at radius 2 is 2.44 bits per heavy atom. The topological polar surface area (TPSA) is 12.0 Å². The predicted octanol–water partition coefficient (Wildman–Crippen LogP) is 1.35. The standard InChI is InChI=1S/C7H15NS/c1-6-3-4-8-7(6)5-9-2/h6-8H,3-5H2,1-2H3. The quantitative estimate of drug-likeness (QED) is 0.629. The molecule has 0 radical (unpaired) electrons. The molecule has 1 aliphatic rings. The van der Waals surface area contributed by atoms with Gasteiger partial charge < -0.3 is 5.32 Å². The van der Waals surface area contributed by atoms with E-state index in [9.17, 15) is 0 Å². The van der Waals surface area contributed by atoms with Gasteiger partial charge in [0, 0.05) is 11.8 Å². The highest BCUT2D eigenvalue weighted by atomic mass is 32.2. The summed E-state index contributed by atoms with van der Waals surface area (Å²) in [6.45, 7) is 3.56. The molecule has 0 saturated carbocycles. The molecule has 1 N–H and O–H groups in total. The van der Waals surface area contributed by atoms with Crippen molar-refractivity contribution < 1.29 is 0 Å². The molecule has 0 aromatic heterocycles. The maximum Gasteiger partial charge on any atom is 0.0184 e. The van der Waals surface area contributed by atoms with Gasteiger partial charge in [-0.2, -0.15) is 11.8 Å². The van der Waals surface area contributed by atoms with Gasteiger partial charge in [0.15, 0.2) is 0 Å². The second-order valence-corrected chi connectivity index (χ2v) is 3.69. The zero-order chi connectivity index (χ0) is 6.69. The Morgan fingerprint density at radius 1 is 1.67 bits per heavy atom. The number of hydrogen-bond acceptors (Lipinski definition) is 2. The van der Waals surface area contributed by atoms with Crippen molar-refractivity contribution in [2.75, 3.05) is 18.6 Å². The van der Waals surface area contributed by atoms with Gasteiger partial charge in [-0.25, -0.2) is 0 Å². The second kappa shape index (κ2) is 3.47. The van der Waals surface area contributed by atoms with E-state index in [2.05, 4.69) is 18.5 Å². The van der Waals surface area contributed by atoms with E-state index in [-0.39, 0.29) is 0 Å². The summed E-state index contributed by atoms with van der Waals surface area (Å²) < 4.78 is 0. The van der Waals surface area contributed by atoms with Crippen LogP contribution in [-0.4, -0.2) is 24.6 Å². The smallest absolute Gasteiger partial charge is 0.0184 e. The fourth-order valence-electron chi connectivity index (χ4n) is 1.30. The monoisotopic (exact) mass is 145 g/mol. The molecule has 0 amide bonds. The average molecular weight is 145 g/mol. The maximum absolute atomic E-state index is 3.49. The number of nitrogens with one attached hydrogen (secondary N) is 1. The summed E-state index contributed by atoms with van der Waals surface area (Å²) in [6.07, 6.45) is 3.54. The molecule has 1 heterocycles. The maximum atomic E-state index is 3.49. The highest BCUT2D eigenvalue weighted by molar-refractivity contribution is 7.98. The fourth-order valence-corrected chi connectivity index (χ4v) is 2.11. The van der Waals surface area contributed by atoms with Gasteiger partial charge in [0.25, 0.3) is 0 Å². The molecule has 1 aliphatic heterocycles. The van der Waals surface area contributed by atoms with Crippen molar-refractivity contribution in [3.63, 3.8) is 0 Å². The molecule has 0 aromatic rings. The van der Waals surface area contributed by atoms with Crippen LogP contribution in [0.5, 0.6) is 0 Å². The van der Waals surface area contributed by atoms with E-state index in [1.54, 1.807) is 0 Å². The highest BCUT2D eigenvalue weighted by Gasteiger charge is 2.21. The van der Waals surface area contributed by atoms with Crippen LogP contribution in [-0.2, 0) is 0 Å². The average Bonchev–Trinajstić information content (AvgIpc) is 2.18. The summed E-state index contributed by atoms with van der Waals surface area (Å²) in [5.74, 6) is 2.18. The summed E-state index contributed by atoms with van der Waals surface area (Å²) in [7, 11) is 0. The zero-order valence-electron chi connectivity index (χ0n) is 6.18. The van der Waals surface area contributed by atoms with Gasteiger partial charge in [-0.1, -0.05) is 6.92 Å². The van der Waals surface area contributed by atoms with Crippen LogP contribution in [0.25, 0.3) is 0 Å². The van der Waals surface area contributed by atoms with Crippen molar-refractivity contribution >= 4 is 11.8 Å². The molecule has 2 atom stereocenters. The molecule has 0 aliphatic carbocycles. The molecule has 2 heteroatoms. The van der Waals surface area contributed by atoms with Crippen LogP contribution in [0.15, 0.2) is 0 Å². The molecule has 0 bridgehead atoms. The van der Waals surface area contributed by atoms with Crippen molar-refractivity contribution in [3.8, 4) is 0 Å². The van der Waals surface area contributed by atoms with Gasteiger partial charge >= 0.3 is 0 Å². The SMILES string of the molecule is CSCC1NCCC1C. The Labute approximate surface area is 61.6 Å². The van der Waals surface area contributed by atoms with Crippen LogP contribution in [0.3, 0.4) is 0 Å². The highest BCUT2D eigenvalue weighted by Crippen LogP contribution is 2.16. The van der Waals surface area contributed by atoms with E-state index in [0.29, 0.717) is 0 Å². The molecule has 9 heavy (non-hydrogen) atoms. The molecule has 54 valence electrons. The number of rotatable bonds is 2. The van der Waals surface area contributed by atoms with Gasteiger partial charge in [-0.05, 0) is 25.1 Å². The first kappa shape index (κ1) is 7.42. The molecule has 1 saturated heterocycles. The Balaban J connectivity index is 2.22. The summed E-state index contributed by atoms with van der Waals surface area (Å²) in [6, 6.07) is 0.792. The zero-order valence-corrected chi connectivity index (χ0v) is 7.00. The molecule has 1 fully saturated rings. The third-order valence-electron chi connectivity index (χ3n) is 2.04. The largest absolute Gasteiger partial charge is 0.313 e. The minimum atomic E-state index is 0.792. The van der Waals surface area contributed by atoms with E-state index in [1.165, 1.54) is 18.7 Å². The Kier molecular flexibility index (Phi) is 2.86. The molecule has 1 nitrogen and oxygen atoms in total. The van der Waals surface area contributed by atoms with E-state index < -0.39 is 0 Å². The number of hydrogen-bond donors (Lipinski definition) is 1. The molecular weight excluding hydrogens is 130 g/mol. The van der Waals surface area contributed by atoms with Gasteiger partial charge in [0.05, 0.1) is 0 Å². The summed E-state index contributed by atoms with van der Waals surface area (Å²) in [5, 5.41) is 3.49. The Bertz CT molecular complexity index is 85.0. The van der Waals surface area contributed by atoms with E-state index in [0.717, 1.165) is 12.0 Å². The Morgan fingerprint density at radius 3 is 2.89 bits per heavy atom. The van der Waals surface area contributed by atoms with E-state index in [1.807, 2.05) is 11.8 Å². The van der Waals surface area contributed by atoms with Crippen LogP contribution in [0.1, 0.15) is 13.3 Å². The van der Waals surface area contributed by atoms with Gasteiger partial charge in [-0.3, -0.25) is 0 Å². The van der Waals surface area contributed by atoms with Crippen LogP contribution in [0.4, 0.5) is 0 Å². The molecular formula is C7H15NS. The lowest BCUT2D eigenvalue weighted by atomic mass is 10.1. The molecule has 0 spiro atoms. The summed E-state index contributed by atoms with van der Waals surface area (Å²) in [4.78, 5) is 0. The van der Waals surface area contributed by atoms with Crippen molar-refractivity contribution in [2.24, 2.45) is 5.92 Å². The first-order valence-electron chi connectivity index (χ1n) is 3.57. The van der Waals surface area contributed by atoms with Gasteiger partial charge in [0.2, 0.25) is 0 Å². The molecule has 0 aromatic carbocycles. The fraction of sp³-hybridized carbons (Fsp3) is 1.00. The van der Waals surface area contributed by atoms with Crippen LogP contribution < -0.4 is 5.32 Å². The lowest BCUT2D eigenvalue weighted by Crippen LogP contribution is -2.27. The van der Waals surface area contributed by atoms with Crippen LogP contribution in [0.2, 0.25) is 0 Å². The van der Waals surface area contributed by atoms with Crippen molar-refractivity contribution in [3.05, 3.63) is 0 Å². The third-order valence-corrected chi connectivity index (χ3v) is 2.73. The van der Waals surface area contributed by atoms with Crippen molar-refractivity contribution in [1.82, 2.24) is 5.32 Å².